The predicted molar refractivity (Wildman–Crippen MR) is 115 cm³/mol. The van der Waals surface area contributed by atoms with Gasteiger partial charge in [-0.3, -0.25) is 14.5 Å². The second kappa shape index (κ2) is 8.09. The standard InChI is InChI=1S/C23H19FN2O2S/c1-15-11-12-18(24)20(13-15)26-21(27)14-29-23(26)17-9-5-6-10-19(17)25-22(28)16-7-3-2-4-8-16/h2-13,23H,14H2,1H3,(H,25,28). The van der Waals surface area contributed by atoms with Crippen molar-refractivity contribution in [2.75, 3.05) is 16.0 Å². The summed E-state index contributed by atoms with van der Waals surface area (Å²) in [5, 5.41) is 2.51. The van der Waals surface area contributed by atoms with Crippen molar-refractivity contribution in [3.8, 4) is 0 Å². The van der Waals surface area contributed by atoms with Gasteiger partial charge in [-0.15, -0.1) is 11.8 Å². The highest BCUT2D eigenvalue weighted by molar-refractivity contribution is 8.00. The quantitative estimate of drug-likeness (QED) is 0.651. The zero-order chi connectivity index (χ0) is 20.4. The normalized spacial score (nSPS) is 16.1. The number of carbonyl (C=O) groups excluding carboxylic acids is 2. The Labute approximate surface area is 172 Å². The lowest BCUT2D eigenvalue weighted by Gasteiger charge is -2.26. The molecule has 146 valence electrons. The molecular formula is C23H19FN2O2S. The highest BCUT2D eigenvalue weighted by Crippen LogP contribution is 2.45. The number of benzene rings is 3. The molecule has 1 aliphatic rings. The van der Waals surface area contributed by atoms with Crippen LogP contribution in [0.25, 0.3) is 0 Å². The van der Waals surface area contributed by atoms with Crippen LogP contribution in [0.1, 0.15) is 26.9 Å². The van der Waals surface area contributed by atoms with Gasteiger partial charge in [-0.25, -0.2) is 4.39 Å². The summed E-state index contributed by atoms with van der Waals surface area (Å²) >= 11 is 1.42. The van der Waals surface area contributed by atoms with E-state index < -0.39 is 11.2 Å². The Balaban J connectivity index is 1.70. The summed E-state index contributed by atoms with van der Waals surface area (Å²) < 4.78 is 14.5. The van der Waals surface area contributed by atoms with E-state index in [9.17, 15) is 14.0 Å². The molecule has 0 spiro atoms. The molecule has 1 aliphatic heterocycles. The minimum Gasteiger partial charge on any atom is -0.322 e. The number of nitrogens with zero attached hydrogens (tertiary/aromatic N) is 1. The summed E-state index contributed by atoms with van der Waals surface area (Å²) in [5.41, 5.74) is 3.03. The average molecular weight is 406 g/mol. The van der Waals surface area contributed by atoms with Crippen molar-refractivity contribution in [3.05, 3.63) is 95.3 Å². The third-order valence-corrected chi connectivity index (χ3v) is 5.93. The van der Waals surface area contributed by atoms with E-state index in [4.69, 9.17) is 0 Å². The van der Waals surface area contributed by atoms with E-state index in [2.05, 4.69) is 5.32 Å². The molecule has 6 heteroatoms. The molecule has 1 fully saturated rings. The molecule has 0 saturated carbocycles. The number of amides is 2. The van der Waals surface area contributed by atoms with Crippen molar-refractivity contribution in [2.45, 2.75) is 12.3 Å². The summed E-state index contributed by atoms with van der Waals surface area (Å²) in [6.07, 6.45) is 0. The maximum Gasteiger partial charge on any atom is 0.255 e. The Kier molecular flexibility index (Phi) is 5.36. The highest BCUT2D eigenvalue weighted by atomic mass is 32.2. The molecule has 0 aromatic heterocycles. The molecule has 1 unspecified atom stereocenters. The molecular weight excluding hydrogens is 387 g/mol. The maximum atomic E-state index is 14.5. The Bertz CT molecular complexity index is 1070. The molecule has 0 bridgehead atoms. The summed E-state index contributed by atoms with van der Waals surface area (Å²) in [4.78, 5) is 26.8. The maximum absolute atomic E-state index is 14.5. The number of para-hydroxylation sites is 1. The van der Waals surface area contributed by atoms with Gasteiger partial charge in [0.2, 0.25) is 5.91 Å². The van der Waals surface area contributed by atoms with Crippen molar-refractivity contribution in [1.29, 1.82) is 0 Å². The molecule has 0 aliphatic carbocycles. The van der Waals surface area contributed by atoms with E-state index in [0.29, 0.717) is 11.3 Å². The first-order valence-electron chi connectivity index (χ1n) is 9.20. The molecule has 1 N–H and O–H groups in total. The first-order chi connectivity index (χ1) is 14.0. The predicted octanol–water partition coefficient (Wildman–Crippen LogP) is 5.17. The smallest absolute Gasteiger partial charge is 0.255 e. The SMILES string of the molecule is Cc1ccc(F)c(N2C(=O)CSC2c2ccccc2NC(=O)c2ccccc2)c1. The second-order valence-corrected chi connectivity index (χ2v) is 7.86. The number of aryl methyl sites for hydroxylation is 1. The van der Waals surface area contributed by atoms with E-state index in [-0.39, 0.29) is 23.3 Å². The van der Waals surface area contributed by atoms with Gasteiger partial charge in [0.15, 0.2) is 0 Å². The van der Waals surface area contributed by atoms with Gasteiger partial charge in [-0.05, 0) is 42.8 Å². The molecule has 3 aromatic carbocycles. The van der Waals surface area contributed by atoms with Crippen LogP contribution in [0.3, 0.4) is 0 Å². The lowest BCUT2D eigenvalue weighted by molar-refractivity contribution is -0.115. The lowest BCUT2D eigenvalue weighted by atomic mass is 10.1. The monoisotopic (exact) mass is 406 g/mol. The van der Waals surface area contributed by atoms with Crippen LogP contribution in [-0.4, -0.2) is 17.6 Å². The number of hydrogen-bond acceptors (Lipinski definition) is 3. The summed E-state index contributed by atoms with van der Waals surface area (Å²) in [6, 6.07) is 21.0. The third kappa shape index (κ3) is 3.89. The Morgan fingerprint density at radius 2 is 1.79 bits per heavy atom. The van der Waals surface area contributed by atoms with E-state index in [1.54, 1.807) is 42.5 Å². The molecule has 29 heavy (non-hydrogen) atoms. The highest BCUT2D eigenvalue weighted by Gasteiger charge is 2.36. The van der Waals surface area contributed by atoms with Crippen molar-refractivity contribution >= 4 is 35.0 Å². The fourth-order valence-electron chi connectivity index (χ4n) is 3.33. The van der Waals surface area contributed by atoms with E-state index in [1.165, 1.54) is 22.7 Å². The van der Waals surface area contributed by atoms with Crippen LogP contribution in [0, 0.1) is 12.7 Å². The summed E-state index contributed by atoms with van der Waals surface area (Å²) in [5.74, 6) is -0.587. The summed E-state index contributed by atoms with van der Waals surface area (Å²) in [7, 11) is 0. The minimum absolute atomic E-state index is 0.159. The van der Waals surface area contributed by atoms with Crippen LogP contribution in [0.4, 0.5) is 15.8 Å². The second-order valence-electron chi connectivity index (χ2n) is 6.79. The van der Waals surface area contributed by atoms with Gasteiger partial charge < -0.3 is 5.32 Å². The summed E-state index contributed by atoms with van der Waals surface area (Å²) in [6.45, 7) is 1.86. The van der Waals surface area contributed by atoms with Crippen molar-refractivity contribution < 1.29 is 14.0 Å². The minimum atomic E-state index is -0.442. The zero-order valence-corrected chi connectivity index (χ0v) is 16.6. The number of nitrogens with one attached hydrogen (secondary N) is 1. The van der Waals surface area contributed by atoms with E-state index >= 15 is 0 Å². The zero-order valence-electron chi connectivity index (χ0n) is 15.8. The van der Waals surface area contributed by atoms with Gasteiger partial charge >= 0.3 is 0 Å². The number of hydrogen-bond donors (Lipinski definition) is 1. The largest absolute Gasteiger partial charge is 0.322 e. The van der Waals surface area contributed by atoms with Crippen LogP contribution in [0.15, 0.2) is 72.8 Å². The van der Waals surface area contributed by atoms with Crippen LogP contribution in [-0.2, 0) is 4.79 Å². The van der Waals surface area contributed by atoms with Crippen molar-refractivity contribution in [1.82, 2.24) is 0 Å². The Morgan fingerprint density at radius 3 is 2.59 bits per heavy atom. The van der Waals surface area contributed by atoms with Gasteiger partial charge in [-0.2, -0.15) is 0 Å². The molecule has 4 rings (SSSR count). The molecule has 3 aromatic rings. The Hall–Kier alpha value is -3.12. The first-order valence-corrected chi connectivity index (χ1v) is 10.2. The van der Waals surface area contributed by atoms with Crippen LogP contribution < -0.4 is 10.2 Å². The molecule has 1 heterocycles. The van der Waals surface area contributed by atoms with E-state index in [1.807, 2.05) is 31.2 Å². The number of thioether (sulfide) groups is 1. The van der Waals surface area contributed by atoms with Crippen LogP contribution >= 0.6 is 11.8 Å². The fraction of sp³-hybridized carbons (Fsp3) is 0.130. The van der Waals surface area contributed by atoms with Gasteiger partial charge in [0.1, 0.15) is 11.2 Å². The number of halogens is 1. The topological polar surface area (TPSA) is 49.4 Å². The first kappa shape index (κ1) is 19.2. The van der Waals surface area contributed by atoms with E-state index in [0.717, 1.165) is 11.1 Å². The molecule has 1 atom stereocenters. The van der Waals surface area contributed by atoms with Crippen molar-refractivity contribution in [2.24, 2.45) is 0 Å². The third-order valence-electron chi connectivity index (χ3n) is 4.74. The number of carbonyl (C=O) groups is 2. The molecule has 0 radical (unpaired) electrons. The number of rotatable bonds is 4. The van der Waals surface area contributed by atoms with Gasteiger partial charge in [0.05, 0.1) is 11.4 Å². The van der Waals surface area contributed by atoms with Gasteiger partial charge in [-0.1, -0.05) is 42.5 Å². The molecule has 4 nitrogen and oxygen atoms in total. The van der Waals surface area contributed by atoms with Gasteiger partial charge in [0.25, 0.3) is 5.91 Å². The Morgan fingerprint density at radius 1 is 1.07 bits per heavy atom. The van der Waals surface area contributed by atoms with Crippen LogP contribution in [0.5, 0.6) is 0 Å². The van der Waals surface area contributed by atoms with Crippen molar-refractivity contribution in [3.63, 3.8) is 0 Å². The molecule has 1 saturated heterocycles. The fourth-order valence-corrected chi connectivity index (χ4v) is 4.54. The van der Waals surface area contributed by atoms with Crippen LogP contribution in [0.2, 0.25) is 0 Å². The number of anilines is 2. The molecule has 2 amide bonds. The van der Waals surface area contributed by atoms with Gasteiger partial charge in [0, 0.05) is 16.8 Å². The average Bonchev–Trinajstić information content (AvgIpc) is 3.12. The lowest BCUT2D eigenvalue weighted by Crippen LogP contribution is -2.29.